The predicted octanol–water partition coefficient (Wildman–Crippen LogP) is 3.67. The normalized spacial score (nSPS) is 13.5. The second-order valence-electron chi connectivity index (χ2n) is 8.56. The van der Waals surface area contributed by atoms with Crippen LogP contribution in [0.15, 0.2) is 42.5 Å². The van der Waals surface area contributed by atoms with Gasteiger partial charge in [-0.25, -0.2) is 9.97 Å². The fraction of sp³-hybridized carbons (Fsp3) is 0.370. The van der Waals surface area contributed by atoms with Crippen molar-refractivity contribution in [2.75, 3.05) is 52.4 Å². The molecule has 8 heteroatoms. The second-order valence-corrected chi connectivity index (χ2v) is 8.56. The first-order chi connectivity index (χ1) is 16.9. The summed E-state index contributed by atoms with van der Waals surface area (Å²) in [6.45, 7) is 6.54. The van der Waals surface area contributed by atoms with Crippen molar-refractivity contribution in [3.05, 3.63) is 70.7 Å². The fourth-order valence-corrected chi connectivity index (χ4v) is 4.37. The third kappa shape index (κ3) is 5.48. The summed E-state index contributed by atoms with van der Waals surface area (Å²) in [5, 5.41) is 0. The lowest BCUT2D eigenvalue weighted by Crippen LogP contribution is -2.49. The molecule has 0 saturated carbocycles. The van der Waals surface area contributed by atoms with Crippen LogP contribution in [-0.2, 0) is 6.42 Å². The summed E-state index contributed by atoms with van der Waals surface area (Å²) in [5.41, 5.74) is 3.82. The van der Waals surface area contributed by atoms with Crippen LogP contribution in [0.4, 0.5) is 5.82 Å². The first-order valence-electron chi connectivity index (χ1n) is 11.7. The zero-order valence-corrected chi connectivity index (χ0v) is 21.0. The Morgan fingerprint density at radius 2 is 1.43 bits per heavy atom. The molecule has 2 heterocycles. The average Bonchev–Trinajstić information content (AvgIpc) is 2.89. The van der Waals surface area contributed by atoms with E-state index in [2.05, 4.69) is 22.0 Å². The number of benzene rings is 2. The molecule has 1 amide bonds. The van der Waals surface area contributed by atoms with Crippen LogP contribution in [0.5, 0.6) is 17.2 Å². The van der Waals surface area contributed by atoms with E-state index in [-0.39, 0.29) is 5.91 Å². The summed E-state index contributed by atoms with van der Waals surface area (Å²) in [6.07, 6.45) is 0.730. The molecule has 0 bridgehead atoms. The standard InChI is InChI=1S/C27H32N4O4/c1-18-25(14-20-6-8-22(33-3)9-7-20)26(29-19(2)28-18)30-10-12-31(13-11-30)27(32)21-15-23(34-4)17-24(16-21)35-5/h6-9,15-17H,10-14H2,1-5H3. The smallest absolute Gasteiger partial charge is 0.254 e. The van der Waals surface area contributed by atoms with E-state index < -0.39 is 0 Å². The fourth-order valence-electron chi connectivity index (χ4n) is 4.37. The number of anilines is 1. The van der Waals surface area contributed by atoms with Crippen molar-refractivity contribution in [1.82, 2.24) is 14.9 Å². The van der Waals surface area contributed by atoms with Gasteiger partial charge in [-0.1, -0.05) is 12.1 Å². The number of hydrogen-bond acceptors (Lipinski definition) is 7. The molecule has 8 nitrogen and oxygen atoms in total. The van der Waals surface area contributed by atoms with E-state index >= 15 is 0 Å². The van der Waals surface area contributed by atoms with Gasteiger partial charge in [-0.05, 0) is 43.7 Å². The van der Waals surface area contributed by atoms with E-state index in [0.717, 1.165) is 35.1 Å². The highest BCUT2D eigenvalue weighted by atomic mass is 16.5. The van der Waals surface area contributed by atoms with E-state index in [0.29, 0.717) is 43.2 Å². The van der Waals surface area contributed by atoms with Crippen molar-refractivity contribution in [2.45, 2.75) is 20.3 Å². The summed E-state index contributed by atoms with van der Waals surface area (Å²) < 4.78 is 15.9. The first-order valence-corrected chi connectivity index (χ1v) is 11.7. The number of rotatable bonds is 7. The number of ether oxygens (including phenoxy) is 3. The Bertz CT molecular complexity index is 1170. The molecule has 184 valence electrons. The number of aryl methyl sites for hydroxylation is 2. The highest BCUT2D eigenvalue weighted by molar-refractivity contribution is 5.95. The molecule has 1 saturated heterocycles. The van der Waals surface area contributed by atoms with Crippen LogP contribution in [0, 0.1) is 13.8 Å². The average molecular weight is 477 g/mol. The summed E-state index contributed by atoms with van der Waals surface area (Å²) in [4.78, 5) is 26.8. The number of nitrogens with zero attached hydrogens (tertiary/aromatic N) is 4. The van der Waals surface area contributed by atoms with Crippen molar-refractivity contribution >= 4 is 11.7 Å². The largest absolute Gasteiger partial charge is 0.497 e. The van der Waals surface area contributed by atoms with Gasteiger partial charge in [-0.3, -0.25) is 4.79 Å². The van der Waals surface area contributed by atoms with Gasteiger partial charge in [0.15, 0.2) is 0 Å². The van der Waals surface area contributed by atoms with E-state index in [9.17, 15) is 4.79 Å². The van der Waals surface area contributed by atoms with Crippen LogP contribution in [-0.4, -0.2) is 68.3 Å². The van der Waals surface area contributed by atoms with Gasteiger partial charge >= 0.3 is 0 Å². The number of carbonyl (C=O) groups excluding carboxylic acids is 1. The molecule has 0 radical (unpaired) electrons. The third-order valence-electron chi connectivity index (χ3n) is 6.31. The number of piperazine rings is 1. The molecule has 0 atom stereocenters. The van der Waals surface area contributed by atoms with Crippen LogP contribution in [0.1, 0.15) is 33.0 Å². The Hall–Kier alpha value is -3.81. The van der Waals surface area contributed by atoms with E-state index in [1.54, 1.807) is 39.5 Å². The van der Waals surface area contributed by atoms with Crippen molar-refractivity contribution in [2.24, 2.45) is 0 Å². The SMILES string of the molecule is COc1ccc(Cc2c(C)nc(C)nc2N2CCN(C(=O)c3cc(OC)cc(OC)c3)CC2)cc1. The van der Waals surface area contributed by atoms with Gasteiger partial charge in [0.25, 0.3) is 5.91 Å². The number of hydrogen-bond donors (Lipinski definition) is 0. The summed E-state index contributed by atoms with van der Waals surface area (Å²) in [5.74, 6) is 3.69. The molecule has 0 unspecified atom stereocenters. The maximum absolute atomic E-state index is 13.2. The molecule has 1 fully saturated rings. The molecule has 1 aromatic heterocycles. The summed E-state index contributed by atoms with van der Waals surface area (Å²) >= 11 is 0. The maximum Gasteiger partial charge on any atom is 0.254 e. The van der Waals surface area contributed by atoms with Crippen LogP contribution in [0.2, 0.25) is 0 Å². The molecular weight excluding hydrogens is 444 g/mol. The molecule has 0 aliphatic carbocycles. The third-order valence-corrected chi connectivity index (χ3v) is 6.31. The van der Waals surface area contributed by atoms with Crippen molar-refractivity contribution in [3.8, 4) is 17.2 Å². The maximum atomic E-state index is 13.2. The number of carbonyl (C=O) groups is 1. The number of methoxy groups -OCH3 is 3. The molecule has 4 rings (SSSR count). The molecule has 1 aliphatic rings. The van der Waals surface area contributed by atoms with Crippen LogP contribution in [0.3, 0.4) is 0 Å². The topological polar surface area (TPSA) is 77.0 Å². The number of amides is 1. The first kappa shape index (κ1) is 24.3. The Morgan fingerprint density at radius 1 is 0.829 bits per heavy atom. The Labute approximate surface area is 206 Å². The van der Waals surface area contributed by atoms with Gasteiger partial charge in [-0.2, -0.15) is 0 Å². The van der Waals surface area contributed by atoms with Gasteiger partial charge in [-0.15, -0.1) is 0 Å². The molecule has 0 spiro atoms. The Morgan fingerprint density at radius 3 is 2.00 bits per heavy atom. The highest BCUT2D eigenvalue weighted by Gasteiger charge is 2.26. The van der Waals surface area contributed by atoms with Gasteiger partial charge in [0, 0.05) is 55.5 Å². The Balaban J connectivity index is 1.51. The van der Waals surface area contributed by atoms with Crippen LogP contribution < -0.4 is 19.1 Å². The second kappa shape index (κ2) is 10.6. The zero-order chi connectivity index (χ0) is 24.9. The van der Waals surface area contributed by atoms with Gasteiger partial charge < -0.3 is 24.0 Å². The zero-order valence-electron chi connectivity index (χ0n) is 21.0. The molecule has 35 heavy (non-hydrogen) atoms. The van der Waals surface area contributed by atoms with E-state index in [4.69, 9.17) is 19.2 Å². The lowest BCUT2D eigenvalue weighted by molar-refractivity contribution is 0.0745. The van der Waals surface area contributed by atoms with Gasteiger partial charge in [0.1, 0.15) is 28.9 Å². The Kier molecular flexibility index (Phi) is 7.39. The lowest BCUT2D eigenvalue weighted by atomic mass is 10.0. The van der Waals surface area contributed by atoms with Gasteiger partial charge in [0.2, 0.25) is 0 Å². The molecular formula is C27H32N4O4. The predicted molar refractivity (Wildman–Crippen MR) is 135 cm³/mol. The monoisotopic (exact) mass is 476 g/mol. The summed E-state index contributed by atoms with van der Waals surface area (Å²) in [6, 6.07) is 13.3. The minimum atomic E-state index is -0.0321. The van der Waals surface area contributed by atoms with Gasteiger partial charge in [0.05, 0.1) is 21.3 Å². The van der Waals surface area contributed by atoms with E-state index in [1.165, 1.54) is 5.56 Å². The molecule has 1 aliphatic heterocycles. The van der Waals surface area contributed by atoms with Crippen molar-refractivity contribution in [1.29, 1.82) is 0 Å². The van der Waals surface area contributed by atoms with Crippen LogP contribution in [0.25, 0.3) is 0 Å². The minimum absolute atomic E-state index is 0.0321. The molecule has 0 N–H and O–H groups in total. The lowest BCUT2D eigenvalue weighted by Gasteiger charge is -2.36. The van der Waals surface area contributed by atoms with Crippen molar-refractivity contribution in [3.63, 3.8) is 0 Å². The minimum Gasteiger partial charge on any atom is -0.497 e. The molecule has 2 aromatic carbocycles. The number of aromatic nitrogens is 2. The summed E-state index contributed by atoms with van der Waals surface area (Å²) in [7, 11) is 4.83. The van der Waals surface area contributed by atoms with E-state index in [1.807, 2.05) is 30.9 Å². The highest BCUT2D eigenvalue weighted by Crippen LogP contribution is 2.27. The quantitative estimate of drug-likeness (QED) is 0.515. The van der Waals surface area contributed by atoms with Crippen molar-refractivity contribution < 1.29 is 19.0 Å². The molecule has 3 aromatic rings. The van der Waals surface area contributed by atoms with Crippen LogP contribution >= 0.6 is 0 Å².